The number of hydrogen-bond donors (Lipinski definition) is 2. The molecular formula is C23H28Cl2N2O4. The molecule has 0 aromatic heterocycles. The number of nitrogens with two attached hydrogens (primary N) is 1. The number of rotatable bonds is 7. The second kappa shape index (κ2) is 9.74. The number of esters is 1. The molecule has 6 nitrogen and oxygen atoms in total. The van der Waals surface area contributed by atoms with Crippen LogP contribution in [0.15, 0.2) is 40.7 Å². The van der Waals surface area contributed by atoms with Gasteiger partial charge in [-0.05, 0) is 30.9 Å². The van der Waals surface area contributed by atoms with Crippen LogP contribution in [0.5, 0.6) is 0 Å². The molecule has 3 rings (SSSR count). The van der Waals surface area contributed by atoms with E-state index in [1.165, 1.54) is 0 Å². The van der Waals surface area contributed by atoms with Crippen molar-refractivity contribution < 1.29 is 19.1 Å². The first-order valence-corrected chi connectivity index (χ1v) is 11.1. The summed E-state index contributed by atoms with van der Waals surface area (Å²) in [5.41, 5.74) is 7.97. The maximum Gasteiger partial charge on any atom is 0.336 e. The monoisotopic (exact) mass is 466 g/mol. The number of ether oxygens (including phenoxy) is 2. The van der Waals surface area contributed by atoms with E-state index in [0.29, 0.717) is 58.4 Å². The average molecular weight is 467 g/mol. The highest BCUT2D eigenvalue weighted by Gasteiger charge is 2.45. The number of carbonyl (C=O) groups excluding carboxylic acids is 2. The Bertz CT molecular complexity index is 933. The van der Waals surface area contributed by atoms with Crippen molar-refractivity contribution >= 4 is 35.0 Å². The Balaban J connectivity index is 2.25. The van der Waals surface area contributed by atoms with Crippen molar-refractivity contribution in [2.75, 3.05) is 26.4 Å². The van der Waals surface area contributed by atoms with E-state index in [2.05, 4.69) is 5.32 Å². The van der Waals surface area contributed by atoms with Gasteiger partial charge in [0.2, 0.25) is 0 Å². The number of benzene rings is 1. The van der Waals surface area contributed by atoms with E-state index in [-0.39, 0.29) is 24.4 Å². The van der Waals surface area contributed by atoms with Crippen LogP contribution in [0.2, 0.25) is 10.0 Å². The topological polar surface area (TPSA) is 90.7 Å². The van der Waals surface area contributed by atoms with E-state index in [1.807, 2.05) is 13.8 Å². The summed E-state index contributed by atoms with van der Waals surface area (Å²) < 4.78 is 11.0. The summed E-state index contributed by atoms with van der Waals surface area (Å²) in [6.07, 6.45) is 1.00. The zero-order valence-electron chi connectivity index (χ0n) is 18.0. The largest absolute Gasteiger partial charge is 0.463 e. The van der Waals surface area contributed by atoms with Crippen molar-refractivity contribution in [3.63, 3.8) is 0 Å². The predicted molar refractivity (Wildman–Crippen MR) is 121 cm³/mol. The Morgan fingerprint density at radius 3 is 2.55 bits per heavy atom. The third kappa shape index (κ3) is 4.98. The molecule has 1 atom stereocenters. The Kier molecular flexibility index (Phi) is 7.47. The van der Waals surface area contributed by atoms with Crippen LogP contribution in [0.25, 0.3) is 0 Å². The Morgan fingerprint density at radius 2 is 1.94 bits per heavy atom. The summed E-state index contributed by atoms with van der Waals surface area (Å²) in [6, 6.07) is 5.14. The average Bonchev–Trinajstić information content (AvgIpc) is 2.66. The first kappa shape index (κ1) is 23.8. The lowest BCUT2D eigenvalue weighted by atomic mass is 9.68. The number of halogens is 2. The SMILES string of the molecule is CCOC(=O)C1=C(COCCN)NC2=C(C(=O)CC(C)(C)C2)C1c1c(Cl)cccc1Cl. The van der Waals surface area contributed by atoms with Gasteiger partial charge in [-0.1, -0.05) is 43.1 Å². The number of ketones is 1. The minimum absolute atomic E-state index is 0.0385. The van der Waals surface area contributed by atoms with Gasteiger partial charge in [0.25, 0.3) is 0 Å². The van der Waals surface area contributed by atoms with Crippen LogP contribution in [-0.2, 0) is 19.1 Å². The smallest absolute Gasteiger partial charge is 0.336 e. The van der Waals surface area contributed by atoms with Crippen LogP contribution in [0.3, 0.4) is 0 Å². The number of allylic oxidation sites excluding steroid dienone is 2. The van der Waals surface area contributed by atoms with Crippen molar-refractivity contribution in [1.29, 1.82) is 0 Å². The molecule has 8 heteroatoms. The van der Waals surface area contributed by atoms with Crippen LogP contribution >= 0.6 is 23.2 Å². The van der Waals surface area contributed by atoms with Crippen LogP contribution in [0.1, 0.15) is 45.1 Å². The molecule has 3 N–H and O–H groups in total. The Morgan fingerprint density at radius 1 is 1.26 bits per heavy atom. The van der Waals surface area contributed by atoms with E-state index in [9.17, 15) is 9.59 Å². The van der Waals surface area contributed by atoms with Gasteiger partial charge >= 0.3 is 5.97 Å². The fraction of sp³-hybridized carbons (Fsp3) is 0.478. The molecule has 0 amide bonds. The van der Waals surface area contributed by atoms with Crippen LogP contribution < -0.4 is 11.1 Å². The number of nitrogens with one attached hydrogen (secondary N) is 1. The lowest BCUT2D eigenvalue weighted by molar-refractivity contribution is -0.139. The molecule has 1 aliphatic heterocycles. The first-order valence-electron chi connectivity index (χ1n) is 10.3. The van der Waals surface area contributed by atoms with Gasteiger partial charge in [-0.3, -0.25) is 4.79 Å². The number of Topliss-reactive ketones (excluding diaryl/α,β-unsaturated/α-hetero) is 1. The molecule has 0 spiro atoms. The summed E-state index contributed by atoms with van der Waals surface area (Å²) in [5, 5.41) is 4.08. The quantitative estimate of drug-likeness (QED) is 0.463. The van der Waals surface area contributed by atoms with Crippen molar-refractivity contribution in [3.05, 3.63) is 56.3 Å². The maximum absolute atomic E-state index is 13.3. The fourth-order valence-corrected chi connectivity index (χ4v) is 4.86. The first-order chi connectivity index (χ1) is 14.7. The molecule has 31 heavy (non-hydrogen) atoms. The van der Waals surface area contributed by atoms with Gasteiger partial charge in [0.15, 0.2) is 5.78 Å². The van der Waals surface area contributed by atoms with E-state index in [1.54, 1.807) is 25.1 Å². The zero-order valence-corrected chi connectivity index (χ0v) is 19.5. The molecule has 1 aliphatic carbocycles. The van der Waals surface area contributed by atoms with E-state index in [0.717, 1.165) is 5.70 Å². The third-order valence-corrected chi connectivity index (χ3v) is 6.08. The third-order valence-electron chi connectivity index (χ3n) is 5.42. The molecule has 2 aliphatic rings. The Labute approximate surface area is 192 Å². The highest BCUT2D eigenvalue weighted by atomic mass is 35.5. The lowest BCUT2D eigenvalue weighted by Gasteiger charge is -2.40. The maximum atomic E-state index is 13.3. The standard InChI is InChI=1S/C23H28Cl2N2O4/c1-4-31-22(29)20-16(12-30-9-8-26)27-15-10-23(2,3)11-17(28)19(15)21(20)18-13(24)6-5-7-14(18)25/h5-7,21,27H,4,8-12,26H2,1-3H3. The second-order valence-electron chi connectivity index (χ2n) is 8.48. The highest BCUT2D eigenvalue weighted by molar-refractivity contribution is 6.36. The van der Waals surface area contributed by atoms with Gasteiger partial charge in [0.1, 0.15) is 0 Å². The van der Waals surface area contributed by atoms with Crippen molar-refractivity contribution in [3.8, 4) is 0 Å². The van der Waals surface area contributed by atoms with Crippen molar-refractivity contribution in [1.82, 2.24) is 5.32 Å². The molecule has 168 valence electrons. The Hall–Kier alpha value is -1.86. The van der Waals surface area contributed by atoms with Crippen LogP contribution in [0.4, 0.5) is 0 Å². The van der Waals surface area contributed by atoms with Gasteiger partial charge in [-0.15, -0.1) is 0 Å². The van der Waals surface area contributed by atoms with Crippen LogP contribution in [-0.4, -0.2) is 38.1 Å². The number of carbonyl (C=O) groups is 2. The summed E-state index contributed by atoms with van der Waals surface area (Å²) in [7, 11) is 0. The van der Waals surface area contributed by atoms with E-state index >= 15 is 0 Å². The molecule has 0 saturated carbocycles. The minimum Gasteiger partial charge on any atom is -0.463 e. The highest BCUT2D eigenvalue weighted by Crippen LogP contribution is 2.49. The summed E-state index contributed by atoms with van der Waals surface area (Å²) >= 11 is 13.1. The molecule has 1 aromatic carbocycles. The minimum atomic E-state index is -0.739. The fourth-order valence-electron chi connectivity index (χ4n) is 4.25. The lowest BCUT2D eigenvalue weighted by Crippen LogP contribution is -2.40. The summed E-state index contributed by atoms with van der Waals surface area (Å²) in [6.45, 7) is 6.81. The van der Waals surface area contributed by atoms with Crippen molar-refractivity contribution in [2.24, 2.45) is 11.1 Å². The predicted octanol–water partition coefficient (Wildman–Crippen LogP) is 4.12. The van der Waals surface area contributed by atoms with Crippen molar-refractivity contribution in [2.45, 2.75) is 39.5 Å². The summed E-state index contributed by atoms with van der Waals surface area (Å²) in [5.74, 6) is -1.31. The van der Waals surface area contributed by atoms with Gasteiger partial charge in [0, 0.05) is 39.8 Å². The van der Waals surface area contributed by atoms with Gasteiger partial charge in [0.05, 0.1) is 37.0 Å². The van der Waals surface area contributed by atoms with Crippen LogP contribution in [0, 0.1) is 5.41 Å². The molecule has 0 bridgehead atoms. The molecular weight excluding hydrogens is 439 g/mol. The van der Waals surface area contributed by atoms with E-state index < -0.39 is 11.9 Å². The molecule has 0 saturated heterocycles. The van der Waals surface area contributed by atoms with Gasteiger partial charge < -0.3 is 20.5 Å². The molecule has 1 aromatic rings. The normalized spacial score (nSPS) is 20.5. The summed E-state index contributed by atoms with van der Waals surface area (Å²) in [4.78, 5) is 26.5. The second-order valence-corrected chi connectivity index (χ2v) is 9.29. The molecule has 0 fully saturated rings. The number of dihydropyridines is 1. The van der Waals surface area contributed by atoms with E-state index in [4.69, 9.17) is 38.4 Å². The van der Waals surface area contributed by atoms with Gasteiger partial charge in [-0.2, -0.15) is 0 Å². The molecule has 1 unspecified atom stereocenters. The molecule has 0 radical (unpaired) electrons. The molecule has 1 heterocycles. The van der Waals surface area contributed by atoms with Gasteiger partial charge in [-0.25, -0.2) is 4.79 Å². The zero-order chi connectivity index (χ0) is 22.8. The number of hydrogen-bond acceptors (Lipinski definition) is 6.